The normalized spacial score (nSPS) is 12.4. The molecule has 31 heavy (non-hydrogen) atoms. The highest BCUT2D eigenvalue weighted by atomic mass is 35.5. The minimum atomic E-state index is -3.67. The monoisotopic (exact) mass is 479 g/mol. The molecule has 2 aromatic carbocycles. The van der Waals surface area contributed by atoms with Crippen LogP contribution in [0.25, 0.3) is 11.3 Å². The molecule has 0 aliphatic rings. The number of nitrogens with zero attached hydrogens (tertiary/aromatic N) is 3. The van der Waals surface area contributed by atoms with E-state index in [1.807, 2.05) is 17.0 Å². The van der Waals surface area contributed by atoms with Gasteiger partial charge in [-0.2, -0.15) is 0 Å². The lowest BCUT2D eigenvalue weighted by atomic mass is 10.2. The van der Waals surface area contributed by atoms with Crippen LogP contribution >= 0.6 is 22.9 Å². The first-order valence-electron chi connectivity index (χ1n) is 9.36. The van der Waals surface area contributed by atoms with Gasteiger partial charge in [-0.15, -0.1) is 11.3 Å². The molecule has 1 heterocycles. The lowest BCUT2D eigenvalue weighted by Crippen LogP contribution is -2.22. The average Bonchev–Trinajstić information content (AvgIpc) is 3.09. The number of aromatic nitrogens is 1. The Kier molecular flexibility index (Phi) is 7.00. The quantitative estimate of drug-likeness (QED) is 0.392. The summed E-state index contributed by atoms with van der Waals surface area (Å²) in [7, 11) is 1.12. The maximum Gasteiger partial charge on any atom is 0.310 e. The largest absolute Gasteiger partial charge is 0.427 e. The maximum absolute atomic E-state index is 12.6. The molecule has 3 aromatic rings. The van der Waals surface area contributed by atoms with Crippen LogP contribution in [0.1, 0.15) is 13.3 Å². The van der Waals surface area contributed by atoms with E-state index in [0.717, 1.165) is 14.8 Å². The Balaban J connectivity index is 1.96. The van der Waals surface area contributed by atoms with Crippen LogP contribution in [-0.4, -0.2) is 37.4 Å². The summed E-state index contributed by atoms with van der Waals surface area (Å²) in [6.45, 7) is 1.74. The van der Waals surface area contributed by atoms with Crippen LogP contribution in [0.15, 0.2) is 57.7 Å². The van der Waals surface area contributed by atoms with Crippen LogP contribution in [0.4, 0.5) is 5.69 Å². The van der Waals surface area contributed by atoms with E-state index in [1.165, 1.54) is 25.4 Å². The Labute approximate surface area is 190 Å². The number of benzene rings is 2. The molecule has 0 fully saturated rings. The minimum Gasteiger partial charge on any atom is -0.427 e. The van der Waals surface area contributed by atoms with Crippen molar-refractivity contribution in [1.29, 1.82) is 0 Å². The molecule has 0 atom stereocenters. The maximum atomic E-state index is 12.6. The first-order valence-corrected chi connectivity index (χ1v) is 12.1. The molecule has 164 valence electrons. The summed E-state index contributed by atoms with van der Waals surface area (Å²) >= 11 is 7.58. The van der Waals surface area contributed by atoms with Gasteiger partial charge in [0.1, 0.15) is 10.6 Å². The van der Waals surface area contributed by atoms with Crippen molar-refractivity contribution in [3.63, 3.8) is 0 Å². The smallest absolute Gasteiger partial charge is 0.310 e. The van der Waals surface area contributed by atoms with Crippen LogP contribution in [0.2, 0.25) is 5.02 Å². The molecule has 0 saturated carbocycles. The third-order valence-corrected chi connectivity index (χ3v) is 7.71. The Morgan fingerprint density at radius 1 is 1.19 bits per heavy atom. The molecule has 3 rings (SSSR count). The summed E-state index contributed by atoms with van der Waals surface area (Å²) in [5.41, 5.74) is 2.23. The van der Waals surface area contributed by atoms with Gasteiger partial charge in [0.05, 0.1) is 16.4 Å². The molecule has 0 radical (unpaired) electrons. The van der Waals surface area contributed by atoms with Gasteiger partial charge in [-0.25, -0.2) is 17.7 Å². The van der Waals surface area contributed by atoms with Gasteiger partial charge in [-0.3, -0.25) is 4.79 Å². The minimum absolute atomic E-state index is 0.0542. The zero-order valence-electron chi connectivity index (χ0n) is 17.5. The molecular formula is C21H22ClN3O4S2. The Morgan fingerprint density at radius 2 is 1.87 bits per heavy atom. The number of ether oxygens (including phenoxy) is 1. The van der Waals surface area contributed by atoms with Gasteiger partial charge in [0.15, 0.2) is 4.80 Å². The van der Waals surface area contributed by atoms with E-state index in [0.29, 0.717) is 23.4 Å². The van der Waals surface area contributed by atoms with Gasteiger partial charge in [-0.05, 0) is 36.4 Å². The molecule has 0 N–H and O–H groups in total. The van der Waals surface area contributed by atoms with Gasteiger partial charge < -0.3 is 9.30 Å². The van der Waals surface area contributed by atoms with Crippen LogP contribution in [0, 0.1) is 0 Å². The lowest BCUT2D eigenvalue weighted by Gasteiger charge is -2.14. The second-order valence-electron chi connectivity index (χ2n) is 6.83. The number of carbonyl (C=O) groups is 1. The fraction of sp³-hybridized carbons (Fsp3) is 0.238. The predicted molar refractivity (Wildman–Crippen MR) is 122 cm³/mol. The van der Waals surface area contributed by atoms with Gasteiger partial charge in [0.2, 0.25) is 10.0 Å². The first kappa shape index (κ1) is 23.2. The highest BCUT2D eigenvalue weighted by Gasteiger charge is 2.22. The van der Waals surface area contributed by atoms with E-state index < -0.39 is 10.0 Å². The number of thiazole rings is 1. The third kappa shape index (κ3) is 5.07. The number of hydrogen-bond donors (Lipinski definition) is 0. The Hall–Kier alpha value is -2.46. The second-order valence-corrected chi connectivity index (χ2v) is 10.2. The number of hydrogen-bond acceptors (Lipinski definition) is 6. The summed E-state index contributed by atoms with van der Waals surface area (Å²) in [6, 6.07) is 11.8. The highest BCUT2D eigenvalue weighted by Crippen LogP contribution is 2.30. The lowest BCUT2D eigenvalue weighted by molar-refractivity contribution is -0.134. The Morgan fingerprint density at radius 3 is 2.48 bits per heavy atom. The molecule has 0 aliphatic heterocycles. The van der Waals surface area contributed by atoms with Gasteiger partial charge in [0.25, 0.3) is 0 Å². The van der Waals surface area contributed by atoms with Crippen molar-refractivity contribution >= 4 is 44.6 Å². The molecule has 0 spiro atoms. The fourth-order valence-corrected chi connectivity index (χ4v) is 5.01. The summed E-state index contributed by atoms with van der Waals surface area (Å²) in [5.74, 6) is 0.176. The molecule has 0 amide bonds. The summed E-state index contributed by atoms with van der Waals surface area (Å²) in [5, 5.41) is 2.08. The molecule has 0 aliphatic carbocycles. The fourth-order valence-electron chi connectivity index (χ4n) is 2.69. The van der Waals surface area contributed by atoms with Crippen molar-refractivity contribution in [3.8, 4) is 17.0 Å². The molecule has 0 unspecified atom stereocenters. The van der Waals surface area contributed by atoms with E-state index >= 15 is 0 Å². The van der Waals surface area contributed by atoms with Crippen molar-refractivity contribution in [2.75, 3.05) is 14.1 Å². The van der Waals surface area contributed by atoms with Crippen molar-refractivity contribution in [3.05, 3.63) is 57.7 Å². The van der Waals surface area contributed by atoms with Gasteiger partial charge >= 0.3 is 5.97 Å². The SMILES string of the molecule is CCC(=O)Oc1ccc(N=c2scc(-c3ccc(Cl)c(S(=O)(=O)N(C)C)c3)n2C)cc1. The predicted octanol–water partition coefficient (Wildman–Crippen LogP) is 4.21. The van der Waals surface area contributed by atoms with Crippen molar-refractivity contribution in [2.45, 2.75) is 18.2 Å². The third-order valence-electron chi connectivity index (χ3n) is 4.49. The number of sulfonamides is 1. The van der Waals surface area contributed by atoms with Crippen LogP contribution in [0.5, 0.6) is 5.75 Å². The summed E-state index contributed by atoms with van der Waals surface area (Å²) in [4.78, 5) is 16.8. The number of rotatable bonds is 6. The molecule has 7 nitrogen and oxygen atoms in total. The van der Waals surface area contributed by atoms with E-state index in [4.69, 9.17) is 16.3 Å². The van der Waals surface area contributed by atoms with E-state index in [2.05, 4.69) is 4.99 Å². The second kappa shape index (κ2) is 9.35. The first-order chi connectivity index (χ1) is 14.6. The zero-order valence-corrected chi connectivity index (χ0v) is 19.9. The summed E-state index contributed by atoms with van der Waals surface area (Å²) < 4.78 is 33.3. The molecule has 0 bridgehead atoms. The number of carbonyl (C=O) groups excluding carboxylic acids is 1. The zero-order chi connectivity index (χ0) is 22.8. The number of esters is 1. The van der Waals surface area contributed by atoms with Crippen LogP contribution in [0.3, 0.4) is 0 Å². The van der Waals surface area contributed by atoms with Crippen molar-refractivity contribution in [1.82, 2.24) is 8.87 Å². The molecule has 10 heteroatoms. The Bertz CT molecular complexity index is 1280. The van der Waals surface area contributed by atoms with Gasteiger partial charge in [-0.1, -0.05) is 24.6 Å². The van der Waals surface area contributed by atoms with Crippen LogP contribution in [-0.2, 0) is 21.9 Å². The van der Waals surface area contributed by atoms with Crippen molar-refractivity contribution < 1.29 is 17.9 Å². The summed E-state index contributed by atoms with van der Waals surface area (Å²) in [6.07, 6.45) is 0.308. The topological polar surface area (TPSA) is 81.0 Å². The van der Waals surface area contributed by atoms with Crippen molar-refractivity contribution in [2.24, 2.45) is 12.0 Å². The molecule has 0 saturated heterocycles. The highest BCUT2D eigenvalue weighted by molar-refractivity contribution is 7.89. The van der Waals surface area contributed by atoms with E-state index in [-0.39, 0.29) is 15.9 Å². The molecule has 1 aromatic heterocycles. The molecular weight excluding hydrogens is 458 g/mol. The van der Waals surface area contributed by atoms with E-state index in [1.54, 1.807) is 49.4 Å². The standard InChI is InChI=1S/C21H22ClN3O4S2/c1-5-20(26)29-16-9-7-15(8-10-16)23-21-25(4)18(13-30-21)14-6-11-17(22)19(12-14)31(27,28)24(2)3/h6-13H,5H2,1-4H3. The number of halogens is 1. The van der Waals surface area contributed by atoms with E-state index in [9.17, 15) is 13.2 Å². The van der Waals surface area contributed by atoms with Crippen LogP contribution < -0.4 is 9.54 Å². The average molecular weight is 480 g/mol. The van der Waals surface area contributed by atoms with Gasteiger partial charge in [0, 0.05) is 38.5 Å².